The van der Waals surface area contributed by atoms with Crippen molar-refractivity contribution in [3.05, 3.63) is 0 Å². The molecule has 0 saturated heterocycles. The Hall–Kier alpha value is -0.610. The van der Waals surface area contributed by atoms with Gasteiger partial charge in [0.25, 0.3) is 0 Å². The van der Waals surface area contributed by atoms with Crippen LogP contribution >= 0.6 is 0 Å². The summed E-state index contributed by atoms with van der Waals surface area (Å²) in [5.41, 5.74) is 0.366. The Balaban J connectivity index is 3.32. The van der Waals surface area contributed by atoms with Gasteiger partial charge in [-0.25, -0.2) is 4.79 Å². The molecule has 1 atom stereocenters. The zero-order valence-electron chi connectivity index (χ0n) is 12.2. The van der Waals surface area contributed by atoms with Crippen molar-refractivity contribution in [3.63, 3.8) is 0 Å². The van der Waals surface area contributed by atoms with Gasteiger partial charge < -0.3 is 5.11 Å². The first-order valence-corrected chi connectivity index (χ1v) is 6.81. The molecular weight excluding hydrogens is 232 g/mol. The van der Waals surface area contributed by atoms with Gasteiger partial charge in [-0.1, -0.05) is 33.6 Å². The second kappa shape index (κ2) is 9.34. The molecule has 0 spiro atoms. The maximum Gasteiger partial charge on any atom is 0.342 e. The van der Waals surface area contributed by atoms with E-state index < -0.39 is 6.10 Å². The van der Waals surface area contributed by atoms with Crippen molar-refractivity contribution in [1.82, 2.24) is 0 Å². The standard InChI is InChI=1S/C14H28O4/c1-12(15)9-11-17-18-13(16)8-6-5-7-10-14(2,3)4/h12,15H,5-11H2,1-4H3. The van der Waals surface area contributed by atoms with Crippen LogP contribution in [-0.4, -0.2) is 23.8 Å². The van der Waals surface area contributed by atoms with Gasteiger partial charge >= 0.3 is 5.97 Å². The molecule has 0 aromatic heterocycles. The van der Waals surface area contributed by atoms with Crippen molar-refractivity contribution in [3.8, 4) is 0 Å². The van der Waals surface area contributed by atoms with E-state index in [4.69, 9.17) is 9.99 Å². The molecule has 0 aliphatic heterocycles. The molecule has 0 aliphatic carbocycles. The summed E-state index contributed by atoms with van der Waals surface area (Å²) in [4.78, 5) is 20.5. The molecule has 1 N–H and O–H groups in total. The molecule has 0 fully saturated rings. The van der Waals surface area contributed by atoms with Crippen molar-refractivity contribution >= 4 is 5.97 Å². The molecule has 0 radical (unpaired) electrons. The molecule has 1 unspecified atom stereocenters. The number of rotatable bonds is 9. The van der Waals surface area contributed by atoms with E-state index in [1.165, 1.54) is 6.42 Å². The van der Waals surface area contributed by atoms with Gasteiger partial charge in [0, 0.05) is 12.8 Å². The quantitative estimate of drug-likeness (QED) is 0.393. The minimum absolute atomic E-state index is 0.243. The van der Waals surface area contributed by atoms with Gasteiger partial charge in [-0.2, -0.15) is 4.89 Å². The number of aliphatic hydroxyl groups excluding tert-OH is 1. The van der Waals surface area contributed by atoms with Gasteiger partial charge in [0.05, 0.1) is 12.7 Å². The van der Waals surface area contributed by atoms with Crippen molar-refractivity contribution in [2.75, 3.05) is 6.61 Å². The van der Waals surface area contributed by atoms with Gasteiger partial charge in [-0.05, 0) is 25.2 Å². The topological polar surface area (TPSA) is 55.8 Å². The molecule has 108 valence electrons. The summed E-state index contributed by atoms with van der Waals surface area (Å²) in [7, 11) is 0. The third-order valence-electron chi connectivity index (χ3n) is 2.58. The SMILES string of the molecule is CC(O)CCOOC(=O)CCCCCC(C)(C)C. The molecule has 0 saturated carbocycles. The predicted molar refractivity (Wildman–Crippen MR) is 70.9 cm³/mol. The number of carbonyl (C=O) groups is 1. The van der Waals surface area contributed by atoms with Gasteiger partial charge in [0.1, 0.15) is 0 Å². The fourth-order valence-corrected chi connectivity index (χ4v) is 1.47. The summed E-state index contributed by atoms with van der Waals surface area (Å²) in [6.07, 6.45) is 4.64. The van der Waals surface area contributed by atoms with Crippen molar-refractivity contribution in [2.45, 2.75) is 72.3 Å². The highest BCUT2D eigenvalue weighted by Gasteiger charge is 2.10. The van der Waals surface area contributed by atoms with Crippen molar-refractivity contribution in [1.29, 1.82) is 0 Å². The lowest BCUT2D eigenvalue weighted by Crippen LogP contribution is -2.10. The monoisotopic (exact) mass is 260 g/mol. The molecule has 0 heterocycles. The first kappa shape index (κ1) is 17.4. The van der Waals surface area contributed by atoms with E-state index in [2.05, 4.69) is 25.7 Å². The highest BCUT2D eigenvalue weighted by molar-refractivity contribution is 5.68. The molecular formula is C14H28O4. The van der Waals surface area contributed by atoms with E-state index in [9.17, 15) is 4.79 Å². The van der Waals surface area contributed by atoms with Gasteiger partial charge in [-0.15, -0.1) is 0 Å². The summed E-state index contributed by atoms with van der Waals surface area (Å²) in [5.74, 6) is -0.323. The van der Waals surface area contributed by atoms with Gasteiger partial charge in [0.15, 0.2) is 0 Å². The van der Waals surface area contributed by atoms with Crippen LogP contribution in [0.15, 0.2) is 0 Å². The summed E-state index contributed by atoms with van der Waals surface area (Å²) < 4.78 is 0. The summed E-state index contributed by atoms with van der Waals surface area (Å²) in [6.45, 7) is 8.57. The smallest absolute Gasteiger partial charge is 0.342 e. The molecule has 0 aromatic carbocycles. The lowest BCUT2D eigenvalue weighted by molar-refractivity contribution is -0.274. The van der Waals surface area contributed by atoms with Crippen LogP contribution in [0.3, 0.4) is 0 Å². The third kappa shape index (κ3) is 13.5. The van der Waals surface area contributed by atoms with E-state index in [0.29, 0.717) is 18.3 Å². The minimum Gasteiger partial charge on any atom is -0.393 e. The van der Waals surface area contributed by atoms with E-state index >= 15 is 0 Å². The predicted octanol–water partition coefficient (Wildman–Crippen LogP) is 3.23. The number of unbranched alkanes of at least 4 members (excludes halogenated alkanes) is 2. The highest BCUT2D eigenvalue weighted by Crippen LogP contribution is 2.22. The Kier molecular flexibility index (Phi) is 9.02. The molecule has 0 aliphatic rings. The normalized spacial score (nSPS) is 13.4. The van der Waals surface area contributed by atoms with Crippen LogP contribution in [0.4, 0.5) is 0 Å². The Bertz CT molecular complexity index is 218. The largest absolute Gasteiger partial charge is 0.393 e. The van der Waals surface area contributed by atoms with E-state index in [0.717, 1.165) is 19.3 Å². The molecule has 0 aromatic rings. The first-order chi connectivity index (χ1) is 8.31. The Morgan fingerprint density at radius 3 is 2.44 bits per heavy atom. The van der Waals surface area contributed by atoms with E-state index in [-0.39, 0.29) is 12.6 Å². The first-order valence-electron chi connectivity index (χ1n) is 6.81. The van der Waals surface area contributed by atoms with Crippen LogP contribution in [0, 0.1) is 5.41 Å². The second-order valence-electron chi connectivity index (χ2n) is 6.04. The molecule has 18 heavy (non-hydrogen) atoms. The number of carbonyl (C=O) groups excluding carboxylic acids is 1. The van der Waals surface area contributed by atoms with Crippen LogP contribution in [0.1, 0.15) is 66.2 Å². The van der Waals surface area contributed by atoms with E-state index in [1.807, 2.05) is 0 Å². The third-order valence-corrected chi connectivity index (χ3v) is 2.58. The number of aliphatic hydroxyl groups is 1. The van der Waals surface area contributed by atoms with Crippen LogP contribution < -0.4 is 0 Å². The fraction of sp³-hybridized carbons (Fsp3) is 0.929. The van der Waals surface area contributed by atoms with Crippen LogP contribution in [0.5, 0.6) is 0 Å². The van der Waals surface area contributed by atoms with Crippen molar-refractivity contribution in [2.24, 2.45) is 5.41 Å². The van der Waals surface area contributed by atoms with Crippen molar-refractivity contribution < 1.29 is 19.7 Å². The molecule has 0 amide bonds. The second-order valence-corrected chi connectivity index (χ2v) is 6.04. The average Bonchev–Trinajstić information content (AvgIpc) is 2.22. The van der Waals surface area contributed by atoms with Gasteiger partial charge in [0.2, 0.25) is 0 Å². The lowest BCUT2D eigenvalue weighted by Gasteiger charge is -2.17. The zero-order chi connectivity index (χ0) is 14.0. The summed E-state index contributed by atoms with van der Waals surface area (Å²) in [6, 6.07) is 0. The highest BCUT2D eigenvalue weighted by atomic mass is 17.2. The molecule has 0 bridgehead atoms. The number of hydrogen-bond acceptors (Lipinski definition) is 4. The Morgan fingerprint density at radius 1 is 1.22 bits per heavy atom. The molecule has 0 rings (SSSR count). The molecule has 4 nitrogen and oxygen atoms in total. The van der Waals surface area contributed by atoms with Crippen LogP contribution in [0.25, 0.3) is 0 Å². The number of hydrogen-bond donors (Lipinski definition) is 1. The Morgan fingerprint density at radius 2 is 1.89 bits per heavy atom. The maximum absolute atomic E-state index is 11.2. The minimum atomic E-state index is -0.430. The summed E-state index contributed by atoms with van der Waals surface area (Å²) in [5, 5.41) is 8.96. The Labute approximate surface area is 111 Å². The van der Waals surface area contributed by atoms with Gasteiger partial charge in [-0.3, -0.25) is 4.89 Å². The molecule has 4 heteroatoms. The summed E-state index contributed by atoms with van der Waals surface area (Å²) >= 11 is 0. The van der Waals surface area contributed by atoms with Crippen LogP contribution in [0.2, 0.25) is 0 Å². The zero-order valence-corrected chi connectivity index (χ0v) is 12.2. The van der Waals surface area contributed by atoms with E-state index in [1.54, 1.807) is 6.92 Å². The average molecular weight is 260 g/mol. The lowest BCUT2D eigenvalue weighted by atomic mass is 9.89. The van der Waals surface area contributed by atoms with Crippen LogP contribution in [-0.2, 0) is 14.6 Å². The fourth-order valence-electron chi connectivity index (χ4n) is 1.47. The maximum atomic E-state index is 11.2.